The molecule has 0 spiro atoms. The Balaban J connectivity index is 1.48. The van der Waals surface area contributed by atoms with Gasteiger partial charge in [-0.3, -0.25) is 19.3 Å². The third-order valence-corrected chi connectivity index (χ3v) is 5.49. The standard InChI is InChI=1S/C23H18N2O7/c1-12(26)31-14-5-7-19-18(10-14)23(29)32-20(24-19)13-4-6-16-17(9-13)22(28)25(21(16)27)11-15-3-2-8-30-15/h4-7,9-10,15H,2-3,8,11H2,1H3/t15-/m1/s1. The first-order chi connectivity index (χ1) is 15.4. The average molecular weight is 434 g/mol. The minimum Gasteiger partial charge on any atom is -0.427 e. The molecule has 162 valence electrons. The molecule has 0 radical (unpaired) electrons. The zero-order chi connectivity index (χ0) is 22.4. The molecule has 0 aliphatic carbocycles. The number of amides is 2. The molecule has 3 aromatic rings. The second-order valence-electron chi connectivity index (χ2n) is 7.70. The van der Waals surface area contributed by atoms with E-state index in [2.05, 4.69) is 4.98 Å². The maximum atomic E-state index is 12.9. The van der Waals surface area contributed by atoms with Crippen LogP contribution in [0.1, 0.15) is 40.5 Å². The Morgan fingerprint density at radius 2 is 1.94 bits per heavy atom. The number of carbonyl (C=O) groups is 3. The Morgan fingerprint density at radius 1 is 1.12 bits per heavy atom. The highest BCUT2D eigenvalue weighted by Gasteiger charge is 2.37. The van der Waals surface area contributed by atoms with E-state index >= 15 is 0 Å². The van der Waals surface area contributed by atoms with Gasteiger partial charge in [-0.25, -0.2) is 9.78 Å². The van der Waals surface area contributed by atoms with Crippen molar-refractivity contribution in [1.82, 2.24) is 9.88 Å². The van der Waals surface area contributed by atoms with Crippen LogP contribution in [0, 0.1) is 0 Å². The van der Waals surface area contributed by atoms with E-state index in [0.717, 1.165) is 12.8 Å². The molecule has 0 saturated carbocycles. The van der Waals surface area contributed by atoms with Crippen molar-refractivity contribution in [2.75, 3.05) is 13.2 Å². The van der Waals surface area contributed by atoms with Crippen LogP contribution in [0.3, 0.4) is 0 Å². The van der Waals surface area contributed by atoms with E-state index in [0.29, 0.717) is 23.3 Å². The molecule has 2 aliphatic rings. The summed E-state index contributed by atoms with van der Waals surface area (Å²) >= 11 is 0. The van der Waals surface area contributed by atoms with Crippen LogP contribution in [0.5, 0.6) is 5.75 Å². The maximum absolute atomic E-state index is 12.9. The van der Waals surface area contributed by atoms with Crippen molar-refractivity contribution in [3.63, 3.8) is 0 Å². The number of hydrogen-bond acceptors (Lipinski definition) is 8. The van der Waals surface area contributed by atoms with Crippen LogP contribution in [0.4, 0.5) is 0 Å². The van der Waals surface area contributed by atoms with Gasteiger partial charge >= 0.3 is 11.6 Å². The predicted octanol–water partition coefficient (Wildman–Crippen LogP) is 2.56. The van der Waals surface area contributed by atoms with E-state index < -0.39 is 17.5 Å². The van der Waals surface area contributed by atoms with Gasteiger partial charge in [-0.1, -0.05) is 0 Å². The van der Waals surface area contributed by atoms with Gasteiger partial charge in [0.15, 0.2) is 0 Å². The molecule has 0 bridgehead atoms. The Labute approximate surface area is 181 Å². The molecule has 32 heavy (non-hydrogen) atoms. The van der Waals surface area contributed by atoms with Crippen molar-refractivity contribution in [2.45, 2.75) is 25.9 Å². The first-order valence-corrected chi connectivity index (χ1v) is 10.2. The third-order valence-electron chi connectivity index (χ3n) is 5.49. The van der Waals surface area contributed by atoms with E-state index in [-0.39, 0.29) is 41.1 Å². The molecule has 1 fully saturated rings. The van der Waals surface area contributed by atoms with Gasteiger partial charge in [0.05, 0.1) is 34.7 Å². The molecular formula is C23H18N2O7. The molecular weight excluding hydrogens is 416 g/mol. The highest BCUT2D eigenvalue weighted by Crippen LogP contribution is 2.29. The molecule has 0 unspecified atom stereocenters. The summed E-state index contributed by atoms with van der Waals surface area (Å²) in [6.07, 6.45) is 1.57. The van der Waals surface area contributed by atoms with Gasteiger partial charge in [-0.15, -0.1) is 0 Å². The topological polar surface area (TPSA) is 116 Å². The van der Waals surface area contributed by atoms with Crippen LogP contribution >= 0.6 is 0 Å². The highest BCUT2D eigenvalue weighted by molar-refractivity contribution is 6.21. The van der Waals surface area contributed by atoms with Gasteiger partial charge in [0.2, 0.25) is 5.89 Å². The van der Waals surface area contributed by atoms with Crippen LogP contribution in [0.25, 0.3) is 22.4 Å². The van der Waals surface area contributed by atoms with Gasteiger partial charge in [-0.05, 0) is 49.2 Å². The highest BCUT2D eigenvalue weighted by atomic mass is 16.5. The van der Waals surface area contributed by atoms with Crippen molar-refractivity contribution < 1.29 is 28.3 Å². The van der Waals surface area contributed by atoms with Gasteiger partial charge in [-0.2, -0.15) is 0 Å². The largest absolute Gasteiger partial charge is 0.427 e. The van der Waals surface area contributed by atoms with E-state index in [1.54, 1.807) is 12.1 Å². The normalized spacial score (nSPS) is 17.8. The number of rotatable bonds is 4. The molecule has 1 saturated heterocycles. The number of benzene rings is 2. The number of esters is 1. The second kappa shape index (κ2) is 7.69. The van der Waals surface area contributed by atoms with Crippen molar-refractivity contribution in [1.29, 1.82) is 0 Å². The molecule has 2 aliphatic heterocycles. The summed E-state index contributed by atoms with van der Waals surface area (Å²) in [5, 5.41) is 0.155. The summed E-state index contributed by atoms with van der Waals surface area (Å²) in [4.78, 5) is 54.8. The SMILES string of the molecule is CC(=O)Oc1ccc2nc(-c3ccc4c(c3)C(=O)N(C[C@H]3CCCO3)C4=O)oc(=O)c2c1. The molecule has 0 N–H and O–H groups in total. The monoisotopic (exact) mass is 434 g/mol. The minimum atomic E-state index is -0.665. The zero-order valence-corrected chi connectivity index (χ0v) is 17.1. The number of imide groups is 1. The van der Waals surface area contributed by atoms with Gasteiger partial charge in [0.25, 0.3) is 11.8 Å². The minimum absolute atomic E-state index is 0.0170. The number of fused-ring (bicyclic) bond motifs is 2. The first kappa shape index (κ1) is 20.1. The van der Waals surface area contributed by atoms with E-state index in [1.807, 2.05) is 0 Å². The lowest BCUT2D eigenvalue weighted by molar-refractivity contribution is -0.131. The van der Waals surface area contributed by atoms with E-state index in [9.17, 15) is 19.2 Å². The fourth-order valence-electron chi connectivity index (χ4n) is 3.99. The van der Waals surface area contributed by atoms with Gasteiger partial charge in [0, 0.05) is 19.1 Å². The smallest absolute Gasteiger partial charge is 0.347 e. The van der Waals surface area contributed by atoms with Crippen molar-refractivity contribution in [3.8, 4) is 17.2 Å². The fourth-order valence-corrected chi connectivity index (χ4v) is 3.99. The number of ether oxygens (including phenoxy) is 2. The van der Waals surface area contributed by atoms with Crippen LogP contribution < -0.4 is 10.4 Å². The van der Waals surface area contributed by atoms with Crippen LogP contribution in [0.2, 0.25) is 0 Å². The molecule has 5 rings (SSSR count). The van der Waals surface area contributed by atoms with E-state index in [1.165, 1.54) is 36.1 Å². The lowest BCUT2D eigenvalue weighted by Crippen LogP contribution is -2.36. The molecule has 1 aromatic heterocycles. The van der Waals surface area contributed by atoms with Gasteiger partial charge in [0.1, 0.15) is 5.75 Å². The number of nitrogens with zero attached hydrogens (tertiary/aromatic N) is 2. The van der Waals surface area contributed by atoms with Crippen molar-refractivity contribution >= 4 is 28.7 Å². The lowest BCUT2D eigenvalue weighted by atomic mass is 10.1. The summed E-state index contributed by atoms with van der Waals surface area (Å²) in [7, 11) is 0. The average Bonchev–Trinajstić information content (AvgIpc) is 3.36. The maximum Gasteiger partial charge on any atom is 0.347 e. The lowest BCUT2D eigenvalue weighted by Gasteiger charge is -2.17. The third kappa shape index (κ3) is 3.46. The Kier molecular flexibility index (Phi) is 4.82. The summed E-state index contributed by atoms with van der Waals surface area (Å²) in [5.41, 5.74) is 0.607. The number of carbonyl (C=O) groups excluding carboxylic acids is 3. The van der Waals surface area contributed by atoms with Crippen molar-refractivity contribution in [3.05, 3.63) is 57.9 Å². The van der Waals surface area contributed by atoms with Crippen molar-refractivity contribution in [2.24, 2.45) is 0 Å². The number of hydrogen-bond donors (Lipinski definition) is 0. The zero-order valence-electron chi connectivity index (χ0n) is 17.1. The Morgan fingerprint density at radius 3 is 2.69 bits per heavy atom. The number of aromatic nitrogens is 1. The van der Waals surface area contributed by atoms with Gasteiger partial charge < -0.3 is 13.9 Å². The van der Waals surface area contributed by atoms with Crippen LogP contribution in [0.15, 0.2) is 45.6 Å². The first-order valence-electron chi connectivity index (χ1n) is 10.2. The van der Waals surface area contributed by atoms with Crippen LogP contribution in [-0.2, 0) is 9.53 Å². The second-order valence-corrected chi connectivity index (χ2v) is 7.70. The molecule has 3 heterocycles. The van der Waals surface area contributed by atoms with Crippen LogP contribution in [-0.4, -0.2) is 46.9 Å². The summed E-state index contributed by atoms with van der Waals surface area (Å²) in [6, 6.07) is 9.08. The quantitative estimate of drug-likeness (QED) is 0.349. The summed E-state index contributed by atoms with van der Waals surface area (Å²) in [5.74, 6) is -1.05. The Hall–Kier alpha value is -3.85. The molecule has 9 heteroatoms. The summed E-state index contributed by atoms with van der Waals surface area (Å²) in [6.45, 7) is 2.11. The fraction of sp³-hybridized carbons (Fsp3) is 0.261. The summed E-state index contributed by atoms with van der Waals surface area (Å²) < 4.78 is 15.9. The molecule has 2 aromatic carbocycles. The predicted molar refractivity (Wildman–Crippen MR) is 111 cm³/mol. The molecule has 1 atom stereocenters. The molecule has 9 nitrogen and oxygen atoms in total. The Bertz CT molecular complexity index is 1340. The molecule has 2 amide bonds. The van der Waals surface area contributed by atoms with E-state index in [4.69, 9.17) is 13.9 Å².